The van der Waals surface area contributed by atoms with Gasteiger partial charge in [-0.15, -0.1) is 0 Å². The Labute approximate surface area is 79.9 Å². The van der Waals surface area contributed by atoms with E-state index < -0.39 is 11.9 Å². The van der Waals surface area contributed by atoms with Crippen LogP contribution in [0.1, 0.15) is 0 Å². The Hall–Kier alpha value is -2.04. The van der Waals surface area contributed by atoms with Crippen LogP contribution in [0.5, 0.6) is 5.95 Å². The third kappa shape index (κ3) is 3.14. The van der Waals surface area contributed by atoms with Crippen LogP contribution in [0.2, 0.25) is 0 Å². The minimum absolute atomic E-state index is 0.0736. The van der Waals surface area contributed by atoms with Gasteiger partial charge in [-0.1, -0.05) is 0 Å². The minimum atomic E-state index is -0.703. The lowest BCUT2D eigenvalue weighted by atomic mass is 10.5. The van der Waals surface area contributed by atoms with Gasteiger partial charge in [0.05, 0.1) is 13.4 Å². The van der Waals surface area contributed by atoms with E-state index in [9.17, 15) is 9.59 Å². The lowest BCUT2D eigenvalue weighted by Gasteiger charge is -1.94. The summed E-state index contributed by atoms with van der Waals surface area (Å²) in [5.74, 6) is -1.25. The molecule has 5 heteroatoms. The van der Waals surface area contributed by atoms with E-state index >= 15 is 0 Å². The average Bonchev–Trinajstić information content (AvgIpc) is 2.66. The Bertz CT molecular complexity index is 336. The maximum atomic E-state index is 11.0. The standard InChI is InChI=1S/C9H8O5/c1-12-7(10)4-5-8(11)14-9-3-2-6-13-9/h2-6H,1H3/b5-4+. The highest BCUT2D eigenvalue weighted by Gasteiger charge is 2.02. The van der Waals surface area contributed by atoms with Crippen molar-refractivity contribution in [2.75, 3.05) is 7.11 Å². The fraction of sp³-hybridized carbons (Fsp3) is 0.111. The first kappa shape index (κ1) is 10.0. The summed E-state index contributed by atoms with van der Waals surface area (Å²) in [5, 5.41) is 0. The van der Waals surface area contributed by atoms with Gasteiger partial charge in [0.25, 0.3) is 5.95 Å². The molecule has 0 N–H and O–H groups in total. The highest BCUT2D eigenvalue weighted by Crippen LogP contribution is 2.09. The molecule has 0 saturated heterocycles. The molecular weight excluding hydrogens is 188 g/mol. The van der Waals surface area contributed by atoms with Gasteiger partial charge in [0.2, 0.25) is 0 Å². The number of carbonyl (C=O) groups excluding carboxylic acids is 2. The molecule has 74 valence electrons. The minimum Gasteiger partial charge on any atom is -0.466 e. The van der Waals surface area contributed by atoms with Crippen LogP contribution < -0.4 is 4.74 Å². The van der Waals surface area contributed by atoms with Gasteiger partial charge < -0.3 is 13.9 Å². The van der Waals surface area contributed by atoms with E-state index in [4.69, 9.17) is 4.42 Å². The Kier molecular flexibility index (Phi) is 3.49. The summed E-state index contributed by atoms with van der Waals surface area (Å²) in [7, 11) is 1.21. The first-order valence-corrected chi connectivity index (χ1v) is 3.73. The summed E-state index contributed by atoms with van der Waals surface area (Å²) in [6, 6.07) is 3.05. The largest absolute Gasteiger partial charge is 0.466 e. The fourth-order valence-corrected chi connectivity index (χ4v) is 0.659. The molecule has 1 heterocycles. The second-order valence-electron chi connectivity index (χ2n) is 2.21. The van der Waals surface area contributed by atoms with E-state index in [1.165, 1.54) is 19.4 Å². The molecule has 0 unspecified atom stereocenters. The first-order chi connectivity index (χ1) is 6.72. The second-order valence-corrected chi connectivity index (χ2v) is 2.21. The zero-order valence-corrected chi connectivity index (χ0v) is 7.43. The molecule has 1 rings (SSSR count). The van der Waals surface area contributed by atoms with E-state index in [1.807, 2.05) is 0 Å². The quantitative estimate of drug-likeness (QED) is 0.531. The highest BCUT2D eigenvalue weighted by atomic mass is 16.6. The van der Waals surface area contributed by atoms with Crippen molar-refractivity contribution in [2.24, 2.45) is 0 Å². The number of rotatable bonds is 3. The van der Waals surface area contributed by atoms with E-state index in [0.717, 1.165) is 12.2 Å². The van der Waals surface area contributed by atoms with Crippen LogP contribution in [0.25, 0.3) is 0 Å². The molecule has 0 spiro atoms. The molecule has 0 saturated carbocycles. The van der Waals surface area contributed by atoms with Crippen molar-refractivity contribution in [3.05, 3.63) is 30.5 Å². The number of hydrogen-bond donors (Lipinski definition) is 0. The first-order valence-electron chi connectivity index (χ1n) is 3.73. The van der Waals surface area contributed by atoms with Gasteiger partial charge in [-0.3, -0.25) is 0 Å². The van der Waals surface area contributed by atoms with Gasteiger partial charge in [-0.2, -0.15) is 0 Å². The van der Waals surface area contributed by atoms with Crippen molar-refractivity contribution < 1.29 is 23.5 Å². The average molecular weight is 196 g/mol. The van der Waals surface area contributed by atoms with Crippen LogP contribution in [0.15, 0.2) is 35.0 Å². The molecular formula is C9H8O5. The summed E-state index contributed by atoms with van der Waals surface area (Å²) >= 11 is 0. The molecule has 1 aromatic rings. The van der Waals surface area contributed by atoms with Crippen molar-refractivity contribution in [3.8, 4) is 5.95 Å². The molecule has 0 aliphatic heterocycles. The molecule has 0 fully saturated rings. The predicted molar refractivity (Wildman–Crippen MR) is 45.5 cm³/mol. The molecule has 0 aromatic carbocycles. The number of methoxy groups -OCH3 is 1. The maximum absolute atomic E-state index is 11.0. The van der Waals surface area contributed by atoms with Crippen molar-refractivity contribution >= 4 is 11.9 Å². The van der Waals surface area contributed by atoms with Crippen LogP contribution in [0.3, 0.4) is 0 Å². The van der Waals surface area contributed by atoms with Crippen molar-refractivity contribution in [3.63, 3.8) is 0 Å². The molecule has 14 heavy (non-hydrogen) atoms. The zero-order valence-electron chi connectivity index (χ0n) is 7.43. The number of carbonyl (C=O) groups is 2. The fourth-order valence-electron chi connectivity index (χ4n) is 0.659. The number of hydrogen-bond acceptors (Lipinski definition) is 5. The van der Waals surface area contributed by atoms with Crippen LogP contribution in [0, 0.1) is 0 Å². The van der Waals surface area contributed by atoms with Crippen LogP contribution >= 0.6 is 0 Å². The second kappa shape index (κ2) is 4.86. The molecule has 0 aliphatic carbocycles. The SMILES string of the molecule is COC(=O)/C=C/C(=O)Oc1ccco1. The van der Waals surface area contributed by atoms with E-state index in [0.29, 0.717) is 0 Å². The smallest absolute Gasteiger partial charge is 0.338 e. The molecule has 0 atom stereocenters. The third-order valence-electron chi connectivity index (χ3n) is 1.25. The third-order valence-corrected chi connectivity index (χ3v) is 1.25. The summed E-state index contributed by atoms with van der Waals surface area (Å²) in [6.45, 7) is 0. The lowest BCUT2D eigenvalue weighted by molar-refractivity contribution is -0.136. The topological polar surface area (TPSA) is 65.7 Å². The van der Waals surface area contributed by atoms with Gasteiger partial charge in [0, 0.05) is 18.2 Å². The van der Waals surface area contributed by atoms with Gasteiger partial charge in [0.15, 0.2) is 0 Å². The molecule has 0 radical (unpaired) electrons. The Morgan fingerprint density at radius 3 is 2.64 bits per heavy atom. The summed E-state index contributed by atoms with van der Waals surface area (Å²) in [4.78, 5) is 21.5. The maximum Gasteiger partial charge on any atom is 0.338 e. The molecule has 0 bridgehead atoms. The lowest BCUT2D eigenvalue weighted by Crippen LogP contribution is -2.04. The highest BCUT2D eigenvalue weighted by molar-refractivity contribution is 5.92. The summed E-state index contributed by atoms with van der Waals surface area (Å²) < 4.78 is 13.7. The van der Waals surface area contributed by atoms with Gasteiger partial charge >= 0.3 is 11.9 Å². The number of esters is 2. The Morgan fingerprint density at radius 2 is 2.07 bits per heavy atom. The summed E-state index contributed by atoms with van der Waals surface area (Å²) in [5.41, 5.74) is 0. The predicted octanol–water partition coefficient (Wildman–Crippen LogP) is 0.914. The Balaban J connectivity index is 2.44. The van der Waals surface area contributed by atoms with Crippen LogP contribution in [0.4, 0.5) is 0 Å². The monoisotopic (exact) mass is 196 g/mol. The number of furan rings is 1. The van der Waals surface area contributed by atoms with Gasteiger partial charge in [0.1, 0.15) is 0 Å². The molecule has 5 nitrogen and oxygen atoms in total. The Morgan fingerprint density at radius 1 is 1.36 bits per heavy atom. The number of ether oxygens (including phenoxy) is 2. The van der Waals surface area contributed by atoms with Crippen molar-refractivity contribution in [1.29, 1.82) is 0 Å². The zero-order chi connectivity index (χ0) is 10.4. The van der Waals surface area contributed by atoms with E-state index in [-0.39, 0.29) is 5.95 Å². The molecule has 0 amide bonds. The van der Waals surface area contributed by atoms with Crippen LogP contribution in [-0.4, -0.2) is 19.0 Å². The molecule has 0 aliphatic rings. The summed E-state index contributed by atoms with van der Waals surface area (Å²) in [6.07, 6.45) is 3.28. The normalized spacial score (nSPS) is 10.1. The van der Waals surface area contributed by atoms with E-state index in [1.54, 1.807) is 6.07 Å². The van der Waals surface area contributed by atoms with Crippen LogP contribution in [-0.2, 0) is 14.3 Å². The molecule has 1 aromatic heterocycles. The van der Waals surface area contributed by atoms with Crippen molar-refractivity contribution in [1.82, 2.24) is 0 Å². The van der Waals surface area contributed by atoms with E-state index in [2.05, 4.69) is 9.47 Å². The van der Waals surface area contributed by atoms with Gasteiger partial charge in [-0.05, 0) is 6.07 Å². The van der Waals surface area contributed by atoms with Gasteiger partial charge in [-0.25, -0.2) is 9.59 Å². The van der Waals surface area contributed by atoms with Crippen molar-refractivity contribution in [2.45, 2.75) is 0 Å².